The zero-order chi connectivity index (χ0) is 13.2. The van der Waals surface area contributed by atoms with Gasteiger partial charge < -0.3 is 9.16 Å². The lowest BCUT2D eigenvalue weighted by Gasteiger charge is -2.29. The van der Waals surface area contributed by atoms with Crippen molar-refractivity contribution in [1.82, 2.24) is 0 Å². The summed E-state index contributed by atoms with van der Waals surface area (Å²) in [4.78, 5) is 11.8. The highest BCUT2D eigenvalue weighted by Gasteiger charge is 2.38. The van der Waals surface area contributed by atoms with Crippen LogP contribution >= 0.6 is 0 Å². The molecule has 1 aliphatic rings. The van der Waals surface area contributed by atoms with Crippen LogP contribution in [0.15, 0.2) is 30.3 Å². The summed E-state index contributed by atoms with van der Waals surface area (Å²) >= 11 is 0. The van der Waals surface area contributed by atoms with Gasteiger partial charge in [-0.05, 0) is 31.6 Å². The van der Waals surface area contributed by atoms with Gasteiger partial charge >= 0.3 is 5.97 Å². The largest absolute Gasteiger partial charge is 0.465 e. The van der Waals surface area contributed by atoms with Crippen molar-refractivity contribution >= 4 is 14.3 Å². The van der Waals surface area contributed by atoms with E-state index in [4.69, 9.17) is 9.16 Å². The summed E-state index contributed by atoms with van der Waals surface area (Å²) in [5, 5.41) is 0. The smallest absolute Gasteiger partial charge is 0.312 e. The third-order valence-corrected chi connectivity index (χ3v) is 3.91. The van der Waals surface area contributed by atoms with Crippen LogP contribution in [0.4, 0.5) is 0 Å². The van der Waals surface area contributed by atoms with E-state index in [0.717, 1.165) is 12.0 Å². The molecule has 0 bridgehead atoms. The maximum atomic E-state index is 11.8. The first-order valence-electron chi connectivity index (χ1n) is 6.37. The lowest BCUT2D eigenvalue weighted by Crippen LogP contribution is -2.32. The third-order valence-electron chi connectivity index (χ3n) is 2.95. The summed E-state index contributed by atoms with van der Waals surface area (Å²) in [5.74, 6) is -0.277. The summed E-state index contributed by atoms with van der Waals surface area (Å²) in [6, 6.07) is 9.99. The van der Waals surface area contributed by atoms with Gasteiger partial charge in [-0.2, -0.15) is 0 Å². The Balaban J connectivity index is 2.26. The Bertz CT molecular complexity index is 411. The number of carbonyl (C=O) groups is 1. The first kappa shape index (κ1) is 13.3. The lowest BCUT2D eigenvalue weighted by molar-refractivity contribution is -0.143. The summed E-state index contributed by atoms with van der Waals surface area (Å²) in [6.07, 6.45) is 0.593. The Hall–Kier alpha value is -1.13. The van der Waals surface area contributed by atoms with Gasteiger partial charge in [-0.15, -0.1) is 0 Å². The van der Waals surface area contributed by atoms with Crippen molar-refractivity contribution < 1.29 is 14.0 Å². The number of carbonyl (C=O) groups excluding carboxylic acids is 1. The van der Waals surface area contributed by atoms with Crippen LogP contribution in [0.25, 0.3) is 0 Å². The molecule has 4 heteroatoms. The first-order valence-corrected chi connectivity index (χ1v) is 9.77. The molecule has 1 aliphatic heterocycles. The second kappa shape index (κ2) is 5.24. The van der Waals surface area contributed by atoms with Gasteiger partial charge in [0.25, 0.3) is 0 Å². The Morgan fingerprint density at radius 2 is 1.94 bits per heavy atom. The van der Waals surface area contributed by atoms with Crippen LogP contribution in [0.5, 0.6) is 0 Å². The minimum atomic E-state index is -1.71. The highest BCUT2D eigenvalue weighted by molar-refractivity contribution is 6.69. The van der Waals surface area contributed by atoms with Crippen molar-refractivity contribution in [3.63, 3.8) is 0 Å². The van der Waals surface area contributed by atoms with Crippen molar-refractivity contribution in [2.45, 2.75) is 32.2 Å². The van der Waals surface area contributed by atoms with E-state index >= 15 is 0 Å². The molecule has 0 N–H and O–H groups in total. The monoisotopic (exact) mass is 264 g/mol. The van der Waals surface area contributed by atoms with Gasteiger partial charge in [-0.25, -0.2) is 0 Å². The SMILES string of the molecule is C[Si](C)(C)OC(c1ccccc1)C1CCOC1=O. The van der Waals surface area contributed by atoms with Crippen molar-refractivity contribution in [1.29, 1.82) is 0 Å². The second-order valence-corrected chi connectivity index (χ2v) is 10.1. The van der Waals surface area contributed by atoms with E-state index in [9.17, 15) is 4.79 Å². The number of rotatable bonds is 4. The van der Waals surface area contributed by atoms with E-state index in [1.807, 2.05) is 30.3 Å². The van der Waals surface area contributed by atoms with E-state index in [1.165, 1.54) is 0 Å². The van der Waals surface area contributed by atoms with Crippen molar-refractivity contribution in [3.05, 3.63) is 35.9 Å². The fourth-order valence-corrected chi connectivity index (χ4v) is 3.25. The number of benzene rings is 1. The fourth-order valence-electron chi connectivity index (χ4n) is 2.19. The van der Waals surface area contributed by atoms with E-state index in [1.54, 1.807) is 0 Å². The molecule has 1 fully saturated rings. The molecule has 1 aromatic carbocycles. The van der Waals surface area contributed by atoms with E-state index in [-0.39, 0.29) is 18.0 Å². The van der Waals surface area contributed by atoms with E-state index < -0.39 is 8.32 Å². The van der Waals surface area contributed by atoms with Gasteiger partial charge in [-0.1, -0.05) is 30.3 Å². The van der Waals surface area contributed by atoms with Gasteiger partial charge in [0, 0.05) is 0 Å². The summed E-state index contributed by atoms with van der Waals surface area (Å²) in [5.41, 5.74) is 1.07. The second-order valence-electron chi connectivity index (χ2n) is 5.62. The molecule has 0 aromatic heterocycles. The molecule has 1 heterocycles. The van der Waals surface area contributed by atoms with Crippen LogP contribution in [0.3, 0.4) is 0 Å². The number of cyclic esters (lactones) is 1. The first-order chi connectivity index (χ1) is 8.47. The number of esters is 1. The van der Waals surface area contributed by atoms with Gasteiger partial charge in [0.15, 0.2) is 8.32 Å². The zero-order valence-electron chi connectivity index (χ0n) is 11.2. The molecular formula is C14H20O3Si. The average molecular weight is 264 g/mol. The molecule has 2 atom stereocenters. The summed E-state index contributed by atoms with van der Waals surface area (Å²) in [6.45, 7) is 6.94. The Kier molecular flexibility index (Phi) is 3.87. The van der Waals surface area contributed by atoms with Gasteiger partial charge in [-0.3, -0.25) is 4.79 Å². The van der Waals surface area contributed by atoms with Crippen LogP contribution in [0.2, 0.25) is 19.6 Å². The molecule has 1 saturated heterocycles. The zero-order valence-corrected chi connectivity index (χ0v) is 12.2. The van der Waals surface area contributed by atoms with E-state index in [2.05, 4.69) is 19.6 Å². The predicted octanol–water partition coefficient (Wildman–Crippen LogP) is 3.14. The van der Waals surface area contributed by atoms with Crippen LogP contribution in [-0.4, -0.2) is 20.9 Å². The summed E-state index contributed by atoms with van der Waals surface area (Å²) < 4.78 is 11.3. The van der Waals surface area contributed by atoms with Crippen LogP contribution in [0.1, 0.15) is 18.1 Å². The van der Waals surface area contributed by atoms with Crippen LogP contribution in [0, 0.1) is 5.92 Å². The van der Waals surface area contributed by atoms with Gasteiger partial charge in [0.2, 0.25) is 0 Å². The topological polar surface area (TPSA) is 35.5 Å². The molecule has 18 heavy (non-hydrogen) atoms. The highest BCUT2D eigenvalue weighted by Crippen LogP contribution is 2.35. The van der Waals surface area contributed by atoms with Gasteiger partial charge in [0.05, 0.1) is 18.6 Å². The Labute approximate surface area is 109 Å². The van der Waals surface area contributed by atoms with Crippen molar-refractivity contribution in [2.75, 3.05) is 6.61 Å². The maximum Gasteiger partial charge on any atom is 0.312 e. The maximum absolute atomic E-state index is 11.8. The molecule has 1 aromatic rings. The highest BCUT2D eigenvalue weighted by atomic mass is 28.4. The Morgan fingerprint density at radius 3 is 2.44 bits per heavy atom. The predicted molar refractivity (Wildman–Crippen MR) is 72.7 cm³/mol. The molecule has 0 amide bonds. The van der Waals surface area contributed by atoms with Crippen molar-refractivity contribution in [3.8, 4) is 0 Å². The van der Waals surface area contributed by atoms with E-state index in [0.29, 0.717) is 6.61 Å². The normalized spacial score (nSPS) is 21.7. The minimum absolute atomic E-state index is 0.123. The molecule has 0 aliphatic carbocycles. The molecule has 98 valence electrons. The van der Waals surface area contributed by atoms with Crippen molar-refractivity contribution in [2.24, 2.45) is 5.92 Å². The molecule has 3 nitrogen and oxygen atoms in total. The molecule has 0 radical (unpaired) electrons. The molecule has 0 spiro atoms. The average Bonchev–Trinajstić information content (AvgIpc) is 2.72. The molecule has 0 saturated carbocycles. The quantitative estimate of drug-likeness (QED) is 0.619. The fraction of sp³-hybridized carbons (Fsp3) is 0.500. The molecule has 2 rings (SSSR count). The van der Waals surface area contributed by atoms with Crippen LogP contribution < -0.4 is 0 Å². The number of ether oxygens (including phenoxy) is 1. The standard InChI is InChI=1S/C14H20O3Si/c1-18(2,3)17-13(11-7-5-4-6-8-11)12-9-10-16-14(12)15/h4-8,12-13H,9-10H2,1-3H3. The number of hydrogen-bond acceptors (Lipinski definition) is 3. The minimum Gasteiger partial charge on any atom is -0.465 e. The Morgan fingerprint density at radius 1 is 1.28 bits per heavy atom. The van der Waals surface area contributed by atoms with Crippen LogP contribution in [-0.2, 0) is 14.0 Å². The lowest BCUT2D eigenvalue weighted by atomic mass is 9.95. The molecular weight excluding hydrogens is 244 g/mol. The van der Waals surface area contributed by atoms with Gasteiger partial charge in [0.1, 0.15) is 0 Å². The third kappa shape index (κ3) is 3.20. The molecule has 2 unspecified atom stereocenters. The number of hydrogen-bond donors (Lipinski definition) is 0. The summed E-state index contributed by atoms with van der Waals surface area (Å²) in [7, 11) is -1.71.